The molecule has 164 valence electrons. The lowest BCUT2D eigenvalue weighted by molar-refractivity contribution is 0.0383. The zero-order valence-corrected chi connectivity index (χ0v) is 18.3. The second kappa shape index (κ2) is 13.2. The number of nitrogens with zero attached hydrogens (tertiary/aromatic N) is 1. The molecule has 2 aromatic carbocycles. The van der Waals surface area contributed by atoms with Gasteiger partial charge in [0, 0.05) is 49.5 Å². The molecule has 30 heavy (non-hydrogen) atoms. The number of hydrogen-bond donors (Lipinski definition) is 3. The van der Waals surface area contributed by atoms with Crippen LogP contribution in [0.1, 0.15) is 26.3 Å². The van der Waals surface area contributed by atoms with Gasteiger partial charge in [-0.05, 0) is 42.0 Å². The molecule has 2 amide bonds. The number of anilines is 1. The third kappa shape index (κ3) is 7.59. The van der Waals surface area contributed by atoms with Gasteiger partial charge in [0.05, 0.1) is 13.2 Å². The van der Waals surface area contributed by atoms with E-state index in [2.05, 4.69) is 15.5 Å². The number of benzene rings is 2. The molecular weight excluding hydrogens is 427 g/mol. The molecule has 0 spiro atoms. The number of ether oxygens (including phenoxy) is 1. The van der Waals surface area contributed by atoms with Crippen molar-refractivity contribution in [3.63, 3.8) is 0 Å². The average molecular weight is 455 g/mol. The Kier molecular flexibility index (Phi) is 11.4. The highest BCUT2D eigenvalue weighted by atomic mass is 35.5. The molecular formula is C21H28Cl2N4O3. The lowest BCUT2D eigenvalue weighted by Gasteiger charge is -2.26. The maximum absolute atomic E-state index is 12.3. The largest absolute Gasteiger partial charge is 0.379 e. The third-order valence-electron chi connectivity index (χ3n) is 4.67. The van der Waals surface area contributed by atoms with Crippen LogP contribution in [-0.4, -0.2) is 56.1 Å². The number of morpholine rings is 1. The van der Waals surface area contributed by atoms with Crippen LogP contribution in [0.3, 0.4) is 0 Å². The van der Waals surface area contributed by atoms with E-state index < -0.39 is 0 Å². The van der Waals surface area contributed by atoms with Gasteiger partial charge in [-0.25, -0.2) is 0 Å². The third-order valence-corrected chi connectivity index (χ3v) is 4.67. The summed E-state index contributed by atoms with van der Waals surface area (Å²) in [6.45, 7) is 5.15. The van der Waals surface area contributed by atoms with Crippen LogP contribution in [0.4, 0.5) is 5.69 Å². The van der Waals surface area contributed by atoms with Crippen molar-refractivity contribution in [2.45, 2.75) is 6.54 Å². The number of carbonyl (C=O) groups is 2. The molecule has 1 aliphatic rings. The first-order chi connectivity index (χ1) is 13.7. The number of amides is 2. The number of carbonyl (C=O) groups excluding carboxylic acids is 2. The van der Waals surface area contributed by atoms with Crippen LogP contribution >= 0.6 is 24.8 Å². The second-order valence-electron chi connectivity index (χ2n) is 6.64. The summed E-state index contributed by atoms with van der Waals surface area (Å²) < 4.78 is 5.31. The Morgan fingerprint density at radius 3 is 2.07 bits per heavy atom. The maximum Gasteiger partial charge on any atom is 0.255 e. The monoisotopic (exact) mass is 454 g/mol. The molecule has 2 aromatic rings. The van der Waals surface area contributed by atoms with Crippen LogP contribution in [0.2, 0.25) is 0 Å². The highest BCUT2D eigenvalue weighted by Gasteiger charge is 2.11. The summed E-state index contributed by atoms with van der Waals surface area (Å²) in [7, 11) is 0. The fraction of sp³-hybridized carbons (Fsp3) is 0.333. The molecule has 0 atom stereocenters. The fourth-order valence-corrected chi connectivity index (χ4v) is 2.95. The molecule has 0 bridgehead atoms. The lowest BCUT2D eigenvalue weighted by Crippen LogP contribution is -2.41. The van der Waals surface area contributed by atoms with E-state index in [4.69, 9.17) is 10.5 Å². The zero-order chi connectivity index (χ0) is 19.8. The Balaban J connectivity index is 0.00000225. The molecule has 4 N–H and O–H groups in total. The maximum atomic E-state index is 12.3. The fourth-order valence-electron chi connectivity index (χ4n) is 2.95. The Bertz CT molecular complexity index is 795. The minimum absolute atomic E-state index is 0. The van der Waals surface area contributed by atoms with E-state index in [0.29, 0.717) is 29.9 Å². The summed E-state index contributed by atoms with van der Waals surface area (Å²) in [6, 6.07) is 14.0. The molecule has 9 heteroatoms. The summed E-state index contributed by atoms with van der Waals surface area (Å²) in [5.74, 6) is -0.324. The van der Waals surface area contributed by atoms with Gasteiger partial charge < -0.3 is 21.1 Å². The highest BCUT2D eigenvalue weighted by Crippen LogP contribution is 2.12. The number of halogens is 2. The molecule has 7 nitrogen and oxygen atoms in total. The van der Waals surface area contributed by atoms with Gasteiger partial charge in [0.2, 0.25) is 0 Å². The minimum Gasteiger partial charge on any atom is -0.379 e. The van der Waals surface area contributed by atoms with Crippen molar-refractivity contribution in [2.75, 3.05) is 44.7 Å². The summed E-state index contributed by atoms with van der Waals surface area (Å²) in [6.07, 6.45) is 0. The SMILES string of the molecule is Cl.Cl.NCc1ccc(C(=O)Nc2ccc(C(=O)NCCN3CCOCC3)cc2)cc1. The number of nitrogens with two attached hydrogens (primary N) is 1. The van der Waals surface area contributed by atoms with E-state index in [-0.39, 0.29) is 36.6 Å². The Morgan fingerprint density at radius 1 is 0.900 bits per heavy atom. The Hall–Kier alpha value is -2.16. The van der Waals surface area contributed by atoms with Crippen LogP contribution in [0.25, 0.3) is 0 Å². The van der Waals surface area contributed by atoms with Crippen molar-refractivity contribution in [1.29, 1.82) is 0 Å². The smallest absolute Gasteiger partial charge is 0.255 e. The van der Waals surface area contributed by atoms with E-state index in [9.17, 15) is 9.59 Å². The summed E-state index contributed by atoms with van der Waals surface area (Å²) >= 11 is 0. The molecule has 0 saturated carbocycles. The Morgan fingerprint density at radius 2 is 1.47 bits per heavy atom. The van der Waals surface area contributed by atoms with Gasteiger partial charge in [-0.3, -0.25) is 14.5 Å². The molecule has 1 aliphatic heterocycles. The van der Waals surface area contributed by atoms with Crippen molar-refractivity contribution < 1.29 is 14.3 Å². The quantitative estimate of drug-likeness (QED) is 0.596. The zero-order valence-electron chi connectivity index (χ0n) is 16.6. The standard InChI is InChI=1S/C21H26N4O3.2ClH/c22-15-16-1-3-18(4-2-16)21(27)24-19-7-5-17(6-8-19)20(26)23-9-10-25-11-13-28-14-12-25;;/h1-8H,9-15,22H2,(H,23,26)(H,24,27);2*1H. The number of rotatable bonds is 7. The average Bonchev–Trinajstić information content (AvgIpc) is 2.75. The number of nitrogens with one attached hydrogen (secondary N) is 2. The van der Waals surface area contributed by atoms with Gasteiger partial charge in [0.1, 0.15) is 0 Å². The van der Waals surface area contributed by atoms with Crippen molar-refractivity contribution in [3.8, 4) is 0 Å². The van der Waals surface area contributed by atoms with Crippen LogP contribution < -0.4 is 16.4 Å². The topological polar surface area (TPSA) is 96.7 Å². The van der Waals surface area contributed by atoms with E-state index in [0.717, 1.165) is 38.4 Å². The molecule has 0 aliphatic carbocycles. The van der Waals surface area contributed by atoms with Crippen molar-refractivity contribution in [2.24, 2.45) is 5.73 Å². The van der Waals surface area contributed by atoms with E-state index in [1.807, 2.05) is 12.1 Å². The van der Waals surface area contributed by atoms with E-state index in [1.54, 1.807) is 36.4 Å². The molecule has 0 unspecified atom stereocenters. The van der Waals surface area contributed by atoms with Crippen LogP contribution in [-0.2, 0) is 11.3 Å². The van der Waals surface area contributed by atoms with Gasteiger partial charge in [0.15, 0.2) is 0 Å². The molecule has 1 fully saturated rings. The predicted molar refractivity (Wildman–Crippen MR) is 123 cm³/mol. The van der Waals surface area contributed by atoms with E-state index in [1.165, 1.54) is 0 Å². The molecule has 0 radical (unpaired) electrons. The van der Waals surface area contributed by atoms with Crippen molar-refractivity contribution in [1.82, 2.24) is 10.2 Å². The normalized spacial score (nSPS) is 13.5. The van der Waals surface area contributed by atoms with Gasteiger partial charge >= 0.3 is 0 Å². The van der Waals surface area contributed by atoms with E-state index >= 15 is 0 Å². The molecule has 1 saturated heterocycles. The summed E-state index contributed by atoms with van der Waals surface area (Å²) in [5.41, 5.74) is 8.30. The van der Waals surface area contributed by atoms with Gasteiger partial charge in [-0.1, -0.05) is 12.1 Å². The van der Waals surface area contributed by atoms with Crippen molar-refractivity contribution >= 4 is 42.3 Å². The minimum atomic E-state index is -0.203. The first kappa shape index (κ1) is 25.9. The predicted octanol–water partition coefficient (Wildman–Crippen LogP) is 2.30. The van der Waals surface area contributed by atoms with Crippen molar-refractivity contribution in [3.05, 3.63) is 65.2 Å². The lowest BCUT2D eigenvalue weighted by atomic mass is 10.1. The number of hydrogen-bond acceptors (Lipinski definition) is 5. The summed E-state index contributed by atoms with van der Waals surface area (Å²) in [4.78, 5) is 26.8. The van der Waals surface area contributed by atoms with Crippen LogP contribution in [0.15, 0.2) is 48.5 Å². The van der Waals surface area contributed by atoms with Gasteiger partial charge in [0.25, 0.3) is 11.8 Å². The van der Waals surface area contributed by atoms with Gasteiger partial charge in [-0.15, -0.1) is 24.8 Å². The first-order valence-electron chi connectivity index (χ1n) is 9.44. The second-order valence-corrected chi connectivity index (χ2v) is 6.64. The van der Waals surface area contributed by atoms with Crippen LogP contribution in [0.5, 0.6) is 0 Å². The summed E-state index contributed by atoms with van der Waals surface area (Å²) in [5, 5.41) is 5.75. The Labute approximate surface area is 189 Å². The van der Waals surface area contributed by atoms with Crippen LogP contribution in [0, 0.1) is 0 Å². The highest BCUT2D eigenvalue weighted by molar-refractivity contribution is 6.04. The molecule has 1 heterocycles. The first-order valence-corrected chi connectivity index (χ1v) is 9.44. The molecule has 0 aromatic heterocycles. The van der Waals surface area contributed by atoms with Gasteiger partial charge in [-0.2, -0.15) is 0 Å². The molecule has 3 rings (SSSR count).